The first-order valence-corrected chi connectivity index (χ1v) is 6.15. The highest BCUT2D eigenvalue weighted by molar-refractivity contribution is 5.94. The number of halogens is 1. The molecule has 0 saturated heterocycles. The van der Waals surface area contributed by atoms with Gasteiger partial charge in [-0.3, -0.25) is 4.79 Å². The molecule has 0 heterocycles. The Morgan fingerprint density at radius 3 is 2.67 bits per heavy atom. The van der Waals surface area contributed by atoms with Gasteiger partial charge in [-0.25, -0.2) is 4.39 Å². The van der Waals surface area contributed by atoms with Gasteiger partial charge in [0.25, 0.3) is 5.91 Å². The number of rotatable bonds is 4. The number of amides is 1. The first-order valence-electron chi connectivity index (χ1n) is 6.15. The van der Waals surface area contributed by atoms with Crippen LogP contribution in [0.1, 0.15) is 29.6 Å². The van der Waals surface area contributed by atoms with Crippen molar-refractivity contribution in [2.24, 2.45) is 0 Å². The monoisotopic (exact) mass is 245 g/mol. The second kappa shape index (κ2) is 6.15. The van der Waals surface area contributed by atoms with Crippen LogP contribution in [0.2, 0.25) is 0 Å². The highest BCUT2D eigenvalue weighted by Gasteiger charge is 2.05. The summed E-state index contributed by atoms with van der Waals surface area (Å²) in [6.45, 7) is 0.604. The maximum atomic E-state index is 12.7. The maximum absolute atomic E-state index is 12.7. The summed E-state index contributed by atoms with van der Waals surface area (Å²) in [6, 6.07) is 5.57. The van der Waals surface area contributed by atoms with Crippen LogP contribution in [0.4, 0.5) is 4.39 Å². The average molecular weight is 245 g/mol. The molecule has 0 bridgehead atoms. The Hall–Kier alpha value is -1.90. The molecule has 2 nitrogen and oxygen atoms in total. The summed E-state index contributed by atoms with van der Waals surface area (Å²) in [7, 11) is 0. The van der Waals surface area contributed by atoms with E-state index in [-0.39, 0.29) is 11.7 Å². The second-order valence-electron chi connectivity index (χ2n) is 4.27. The average Bonchev–Trinajstić information content (AvgIpc) is 2.40. The molecule has 1 amide bonds. The van der Waals surface area contributed by atoms with E-state index in [1.54, 1.807) is 0 Å². The lowest BCUT2D eigenvalue weighted by Gasteiger charge is -2.08. The van der Waals surface area contributed by atoms with E-state index in [0.717, 1.165) is 19.3 Å². The van der Waals surface area contributed by atoms with E-state index in [2.05, 4.69) is 23.5 Å². The molecule has 94 valence electrons. The zero-order chi connectivity index (χ0) is 12.8. The van der Waals surface area contributed by atoms with Crippen molar-refractivity contribution in [3.8, 4) is 0 Å². The van der Waals surface area contributed by atoms with Crippen molar-refractivity contribution in [1.29, 1.82) is 0 Å². The Balaban J connectivity index is 1.79. The molecule has 0 saturated carbocycles. The number of carbonyl (C=O) groups is 1. The van der Waals surface area contributed by atoms with Gasteiger partial charge in [0, 0.05) is 12.1 Å². The number of carbonyl (C=O) groups excluding carboxylic acids is 1. The third kappa shape index (κ3) is 3.55. The lowest BCUT2D eigenvalue weighted by atomic mass is 10.0. The van der Waals surface area contributed by atoms with E-state index in [0.29, 0.717) is 12.1 Å². The van der Waals surface area contributed by atoms with Crippen molar-refractivity contribution < 1.29 is 9.18 Å². The molecule has 0 radical (unpaired) electrons. The highest BCUT2D eigenvalue weighted by atomic mass is 19.1. The Kier molecular flexibility index (Phi) is 4.29. The molecule has 0 aliphatic heterocycles. The summed E-state index contributed by atoms with van der Waals surface area (Å²) in [5, 5.41) is 2.83. The minimum Gasteiger partial charge on any atom is -0.352 e. The van der Waals surface area contributed by atoms with Gasteiger partial charge >= 0.3 is 0 Å². The van der Waals surface area contributed by atoms with Crippen molar-refractivity contribution in [1.82, 2.24) is 5.32 Å². The Morgan fingerprint density at radius 2 is 2.00 bits per heavy atom. The zero-order valence-corrected chi connectivity index (χ0v) is 10.2. The maximum Gasteiger partial charge on any atom is 0.251 e. The van der Waals surface area contributed by atoms with Crippen LogP contribution in [-0.4, -0.2) is 12.5 Å². The van der Waals surface area contributed by atoms with Gasteiger partial charge in [0.15, 0.2) is 0 Å². The fourth-order valence-corrected chi connectivity index (χ4v) is 1.88. The fraction of sp³-hybridized carbons (Fsp3) is 0.267. The molecule has 1 aliphatic rings. The van der Waals surface area contributed by atoms with Crippen LogP contribution < -0.4 is 5.32 Å². The number of allylic oxidation sites excluding steroid dienone is 3. The third-order valence-corrected chi connectivity index (χ3v) is 2.88. The normalized spacial score (nSPS) is 14.2. The van der Waals surface area contributed by atoms with Gasteiger partial charge in [0.2, 0.25) is 0 Å². The van der Waals surface area contributed by atoms with Crippen LogP contribution in [-0.2, 0) is 0 Å². The molecule has 3 heteroatoms. The predicted molar refractivity (Wildman–Crippen MR) is 69.8 cm³/mol. The number of hydrogen-bond acceptors (Lipinski definition) is 1. The summed E-state index contributed by atoms with van der Waals surface area (Å²) in [6.07, 6.45) is 9.47. The van der Waals surface area contributed by atoms with Gasteiger partial charge in [-0.05, 0) is 43.5 Å². The van der Waals surface area contributed by atoms with Crippen LogP contribution >= 0.6 is 0 Å². The summed E-state index contributed by atoms with van der Waals surface area (Å²) in [4.78, 5) is 11.7. The van der Waals surface area contributed by atoms with Crippen LogP contribution in [0.15, 0.2) is 48.1 Å². The second-order valence-corrected chi connectivity index (χ2v) is 4.27. The molecular weight excluding hydrogens is 229 g/mol. The van der Waals surface area contributed by atoms with Gasteiger partial charge in [0.05, 0.1) is 0 Å². The topological polar surface area (TPSA) is 29.1 Å². The van der Waals surface area contributed by atoms with E-state index in [9.17, 15) is 9.18 Å². The molecule has 0 spiro atoms. The minimum absolute atomic E-state index is 0.157. The minimum atomic E-state index is -0.330. The molecule has 0 atom stereocenters. The van der Waals surface area contributed by atoms with Crippen molar-refractivity contribution in [2.75, 3.05) is 6.54 Å². The van der Waals surface area contributed by atoms with E-state index in [1.165, 1.54) is 29.8 Å². The molecule has 2 rings (SSSR count). The standard InChI is InChI=1S/C15H16FNO/c16-14-8-6-13(7-9-14)15(18)17-11-10-12-4-2-1-3-5-12/h2,4-9H,1,3,10-11H2,(H,17,18). The number of nitrogens with one attached hydrogen (secondary N) is 1. The van der Waals surface area contributed by atoms with Crippen molar-refractivity contribution >= 4 is 5.91 Å². The molecule has 18 heavy (non-hydrogen) atoms. The quantitative estimate of drug-likeness (QED) is 0.867. The van der Waals surface area contributed by atoms with Crippen molar-refractivity contribution in [3.63, 3.8) is 0 Å². The van der Waals surface area contributed by atoms with Crippen LogP contribution in [0, 0.1) is 5.82 Å². The molecule has 1 aromatic carbocycles. The van der Waals surface area contributed by atoms with Crippen LogP contribution in [0.25, 0.3) is 0 Å². The molecule has 0 unspecified atom stereocenters. The molecule has 0 fully saturated rings. The lowest BCUT2D eigenvalue weighted by molar-refractivity contribution is 0.0954. The van der Waals surface area contributed by atoms with E-state index >= 15 is 0 Å². The Morgan fingerprint density at radius 1 is 1.22 bits per heavy atom. The van der Waals surface area contributed by atoms with E-state index in [1.807, 2.05) is 0 Å². The van der Waals surface area contributed by atoms with Crippen molar-refractivity contribution in [2.45, 2.75) is 19.3 Å². The fourth-order valence-electron chi connectivity index (χ4n) is 1.88. The third-order valence-electron chi connectivity index (χ3n) is 2.88. The summed E-state index contributed by atoms with van der Waals surface area (Å²) < 4.78 is 12.7. The first kappa shape index (κ1) is 12.6. The molecule has 0 aromatic heterocycles. The zero-order valence-electron chi connectivity index (χ0n) is 10.2. The van der Waals surface area contributed by atoms with Gasteiger partial charge in [-0.2, -0.15) is 0 Å². The SMILES string of the molecule is O=C(NCCC1=CCCC=C1)c1ccc(F)cc1. The van der Waals surface area contributed by atoms with Gasteiger partial charge < -0.3 is 5.32 Å². The molecule has 1 aromatic rings. The Labute approximate surface area is 106 Å². The number of benzene rings is 1. The summed E-state index contributed by atoms with van der Waals surface area (Å²) >= 11 is 0. The van der Waals surface area contributed by atoms with Crippen LogP contribution in [0.3, 0.4) is 0 Å². The smallest absolute Gasteiger partial charge is 0.251 e. The van der Waals surface area contributed by atoms with Crippen LogP contribution in [0.5, 0.6) is 0 Å². The molecular formula is C15H16FNO. The van der Waals surface area contributed by atoms with Gasteiger partial charge in [-0.1, -0.05) is 23.8 Å². The summed E-state index contributed by atoms with van der Waals surface area (Å²) in [5.74, 6) is -0.487. The molecule has 1 N–H and O–H groups in total. The Bertz CT molecular complexity index is 474. The highest BCUT2D eigenvalue weighted by Crippen LogP contribution is 2.12. The lowest BCUT2D eigenvalue weighted by Crippen LogP contribution is -2.24. The largest absolute Gasteiger partial charge is 0.352 e. The molecule has 1 aliphatic carbocycles. The first-order chi connectivity index (χ1) is 8.75. The van der Waals surface area contributed by atoms with Crippen molar-refractivity contribution in [3.05, 3.63) is 59.4 Å². The van der Waals surface area contributed by atoms with Gasteiger partial charge in [-0.15, -0.1) is 0 Å². The summed E-state index contributed by atoms with van der Waals surface area (Å²) in [5.41, 5.74) is 1.75. The number of hydrogen-bond donors (Lipinski definition) is 1. The van der Waals surface area contributed by atoms with Gasteiger partial charge in [0.1, 0.15) is 5.82 Å². The van der Waals surface area contributed by atoms with E-state index in [4.69, 9.17) is 0 Å². The predicted octanol–water partition coefficient (Wildman–Crippen LogP) is 3.22. The van der Waals surface area contributed by atoms with E-state index < -0.39 is 0 Å².